The Morgan fingerprint density at radius 3 is 2.83 bits per heavy atom. The van der Waals surface area contributed by atoms with E-state index in [4.69, 9.17) is 4.74 Å². The van der Waals surface area contributed by atoms with Gasteiger partial charge in [-0.2, -0.15) is 0 Å². The van der Waals surface area contributed by atoms with Gasteiger partial charge in [0.1, 0.15) is 12.4 Å². The molecule has 0 bridgehead atoms. The Morgan fingerprint density at radius 2 is 2.22 bits per heavy atom. The molecule has 1 aromatic carbocycles. The third-order valence-electron chi connectivity index (χ3n) is 3.52. The lowest BCUT2D eigenvalue weighted by atomic mass is 9.84. The lowest BCUT2D eigenvalue weighted by Gasteiger charge is -2.29. The minimum absolute atomic E-state index is 0.272. The molecular formula is C15H21NO2. The molecule has 0 radical (unpaired) electrons. The van der Waals surface area contributed by atoms with Gasteiger partial charge in [-0.3, -0.25) is 4.79 Å². The van der Waals surface area contributed by atoms with E-state index in [-0.39, 0.29) is 11.8 Å². The zero-order valence-corrected chi connectivity index (χ0v) is 11.2. The number of rotatable bonds is 5. The summed E-state index contributed by atoms with van der Waals surface area (Å²) in [5, 5.41) is 0. The Kier molecular flexibility index (Phi) is 4.24. The van der Waals surface area contributed by atoms with Crippen molar-refractivity contribution in [3.8, 4) is 5.75 Å². The molecule has 0 aliphatic heterocycles. The van der Waals surface area contributed by atoms with Gasteiger partial charge in [-0.15, -0.1) is 0 Å². The first-order valence-corrected chi connectivity index (χ1v) is 6.61. The summed E-state index contributed by atoms with van der Waals surface area (Å²) in [4.78, 5) is 13.7. The van der Waals surface area contributed by atoms with E-state index >= 15 is 0 Å². The number of carbonyl (C=O) groups is 1. The van der Waals surface area contributed by atoms with Gasteiger partial charge in [-0.25, -0.2) is 0 Å². The molecule has 0 heterocycles. The Bertz CT molecular complexity index is 413. The highest BCUT2D eigenvalue weighted by Crippen LogP contribution is 2.27. The van der Waals surface area contributed by atoms with Crippen LogP contribution in [0.2, 0.25) is 0 Å². The predicted octanol–water partition coefficient (Wildman–Crippen LogP) is 2.63. The van der Waals surface area contributed by atoms with Gasteiger partial charge < -0.3 is 9.64 Å². The minimum Gasteiger partial charge on any atom is -0.492 e. The van der Waals surface area contributed by atoms with Crippen molar-refractivity contribution in [2.75, 3.05) is 20.2 Å². The van der Waals surface area contributed by atoms with Gasteiger partial charge in [0.2, 0.25) is 5.91 Å². The maximum atomic E-state index is 11.9. The second-order valence-electron chi connectivity index (χ2n) is 5.05. The molecule has 18 heavy (non-hydrogen) atoms. The molecule has 0 N–H and O–H groups in total. The first-order valence-electron chi connectivity index (χ1n) is 6.61. The van der Waals surface area contributed by atoms with E-state index in [0.717, 1.165) is 18.6 Å². The molecule has 2 rings (SSSR count). The Morgan fingerprint density at radius 1 is 1.44 bits per heavy atom. The highest BCUT2D eigenvalue weighted by Gasteiger charge is 2.27. The molecule has 1 aliphatic carbocycles. The average molecular weight is 247 g/mol. The number of carbonyl (C=O) groups excluding carboxylic acids is 1. The van der Waals surface area contributed by atoms with Crippen LogP contribution in [0.4, 0.5) is 0 Å². The molecule has 1 saturated carbocycles. The summed E-state index contributed by atoms with van der Waals surface area (Å²) in [5.41, 5.74) is 1.19. The average Bonchev–Trinajstić information content (AvgIpc) is 2.26. The van der Waals surface area contributed by atoms with Crippen molar-refractivity contribution < 1.29 is 9.53 Å². The first-order chi connectivity index (χ1) is 8.66. The molecule has 0 spiro atoms. The standard InChI is InChI=1S/C15H21NO2/c1-12-5-3-8-14(11-12)18-10-9-16(2)15(17)13-6-4-7-13/h3,5,8,11,13H,4,6-7,9-10H2,1-2H3. The van der Waals surface area contributed by atoms with Crippen LogP contribution in [-0.4, -0.2) is 31.0 Å². The van der Waals surface area contributed by atoms with Gasteiger partial charge in [0.05, 0.1) is 6.54 Å². The van der Waals surface area contributed by atoms with Crippen molar-refractivity contribution in [3.63, 3.8) is 0 Å². The molecule has 1 fully saturated rings. The quantitative estimate of drug-likeness (QED) is 0.800. The van der Waals surface area contributed by atoms with Gasteiger partial charge in [0, 0.05) is 13.0 Å². The lowest BCUT2D eigenvalue weighted by Crippen LogP contribution is -2.38. The largest absolute Gasteiger partial charge is 0.492 e. The minimum atomic E-state index is 0.272. The zero-order valence-electron chi connectivity index (χ0n) is 11.2. The molecule has 0 saturated heterocycles. The van der Waals surface area contributed by atoms with E-state index in [1.54, 1.807) is 4.90 Å². The summed E-state index contributed by atoms with van der Waals surface area (Å²) in [5.74, 6) is 1.42. The monoisotopic (exact) mass is 247 g/mol. The first kappa shape index (κ1) is 12.9. The van der Waals surface area contributed by atoms with E-state index < -0.39 is 0 Å². The fraction of sp³-hybridized carbons (Fsp3) is 0.533. The van der Waals surface area contributed by atoms with Crippen LogP contribution in [0.3, 0.4) is 0 Å². The molecule has 3 heteroatoms. The number of hydrogen-bond acceptors (Lipinski definition) is 2. The van der Waals surface area contributed by atoms with Crippen molar-refractivity contribution in [1.29, 1.82) is 0 Å². The summed E-state index contributed by atoms with van der Waals surface area (Å²) < 4.78 is 5.65. The highest BCUT2D eigenvalue weighted by molar-refractivity contribution is 5.79. The van der Waals surface area contributed by atoms with Crippen LogP contribution < -0.4 is 4.74 Å². The number of ether oxygens (including phenoxy) is 1. The number of amides is 1. The predicted molar refractivity (Wildman–Crippen MR) is 71.7 cm³/mol. The molecule has 98 valence electrons. The third kappa shape index (κ3) is 3.25. The Labute approximate surface area is 109 Å². The number of likely N-dealkylation sites (N-methyl/N-ethyl adjacent to an activating group) is 1. The zero-order chi connectivity index (χ0) is 13.0. The highest BCUT2D eigenvalue weighted by atomic mass is 16.5. The van der Waals surface area contributed by atoms with Crippen molar-refractivity contribution >= 4 is 5.91 Å². The van der Waals surface area contributed by atoms with Crippen molar-refractivity contribution in [1.82, 2.24) is 4.90 Å². The van der Waals surface area contributed by atoms with Gasteiger partial charge in [0.25, 0.3) is 0 Å². The Balaban J connectivity index is 1.73. The second-order valence-corrected chi connectivity index (χ2v) is 5.05. The van der Waals surface area contributed by atoms with E-state index in [2.05, 4.69) is 0 Å². The molecule has 1 amide bonds. The molecule has 1 aliphatic rings. The van der Waals surface area contributed by atoms with Crippen LogP contribution in [0.1, 0.15) is 24.8 Å². The Hall–Kier alpha value is -1.51. The van der Waals surface area contributed by atoms with E-state index in [1.807, 2.05) is 38.2 Å². The summed E-state index contributed by atoms with van der Waals surface area (Å²) in [6, 6.07) is 7.97. The summed E-state index contributed by atoms with van der Waals surface area (Å²) in [6.45, 7) is 3.25. The second kappa shape index (κ2) is 5.89. The topological polar surface area (TPSA) is 29.5 Å². The number of hydrogen-bond donors (Lipinski definition) is 0. The summed E-state index contributed by atoms with van der Waals surface area (Å²) in [6.07, 6.45) is 3.31. The number of benzene rings is 1. The lowest BCUT2D eigenvalue weighted by molar-refractivity contribution is -0.137. The van der Waals surface area contributed by atoms with Crippen molar-refractivity contribution in [2.45, 2.75) is 26.2 Å². The molecule has 0 aromatic heterocycles. The van der Waals surface area contributed by atoms with Gasteiger partial charge in [-0.05, 0) is 37.5 Å². The normalized spacial score (nSPS) is 15.0. The molecular weight excluding hydrogens is 226 g/mol. The fourth-order valence-corrected chi connectivity index (χ4v) is 2.08. The van der Waals surface area contributed by atoms with Crippen LogP contribution in [0.25, 0.3) is 0 Å². The van der Waals surface area contributed by atoms with E-state index in [0.29, 0.717) is 13.2 Å². The van der Waals surface area contributed by atoms with Crippen LogP contribution in [0.15, 0.2) is 24.3 Å². The molecule has 0 unspecified atom stereocenters. The smallest absolute Gasteiger partial charge is 0.225 e. The van der Waals surface area contributed by atoms with Crippen LogP contribution in [0.5, 0.6) is 5.75 Å². The van der Waals surface area contributed by atoms with Crippen molar-refractivity contribution in [2.24, 2.45) is 5.92 Å². The van der Waals surface area contributed by atoms with Crippen LogP contribution in [0, 0.1) is 12.8 Å². The van der Waals surface area contributed by atoms with Crippen molar-refractivity contribution in [3.05, 3.63) is 29.8 Å². The molecule has 1 aromatic rings. The SMILES string of the molecule is Cc1cccc(OCCN(C)C(=O)C2CCC2)c1. The fourth-order valence-electron chi connectivity index (χ4n) is 2.08. The number of aryl methyl sites for hydroxylation is 1. The maximum Gasteiger partial charge on any atom is 0.225 e. The summed E-state index contributed by atoms with van der Waals surface area (Å²) >= 11 is 0. The molecule has 0 atom stereocenters. The van der Waals surface area contributed by atoms with Crippen LogP contribution in [-0.2, 0) is 4.79 Å². The number of nitrogens with zero attached hydrogens (tertiary/aromatic N) is 1. The van der Waals surface area contributed by atoms with E-state index in [9.17, 15) is 4.79 Å². The van der Waals surface area contributed by atoms with Gasteiger partial charge >= 0.3 is 0 Å². The van der Waals surface area contributed by atoms with E-state index in [1.165, 1.54) is 12.0 Å². The van der Waals surface area contributed by atoms with Gasteiger partial charge in [-0.1, -0.05) is 18.6 Å². The molecule has 3 nitrogen and oxygen atoms in total. The maximum absolute atomic E-state index is 11.9. The van der Waals surface area contributed by atoms with Crippen LogP contribution >= 0.6 is 0 Å². The summed E-state index contributed by atoms with van der Waals surface area (Å²) in [7, 11) is 1.86. The third-order valence-corrected chi connectivity index (χ3v) is 3.52. The van der Waals surface area contributed by atoms with Gasteiger partial charge in [0.15, 0.2) is 0 Å².